The van der Waals surface area contributed by atoms with Crippen LogP contribution in [0.2, 0.25) is 0 Å². The molecule has 0 spiro atoms. The molecular formula is C23H21FN4O3. The minimum absolute atomic E-state index is 0.220. The SMILES string of the molecule is CN(CCCc1cc(-c2cccc(F)c2)n[nH]1)C(=O)c1ccc2c(c1)C(=O)N(C)C2=O. The van der Waals surface area contributed by atoms with Crippen LogP contribution in [0.5, 0.6) is 0 Å². The molecule has 31 heavy (non-hydrogen) atoms. The van der Waals surface area contributed by atoms with Crippen LogP contribution in [0, 0.1) is 5.82 Å². The number of hydrogen-bond acceptors (Lipinski definition) is 4. The van der Waals surface area contributed by atoms with Crippen molar-refractivity contribution in [3.05, 3.63) is 76.7 Å². The molecule has 1 aromatic heterocycles. The summed E-state index contributed by atoms with van der Waals surface area (Å²) in [6.07, 6.45) is 1.36. The Labute approximate surface area is 178 Å². The van der Waals surface area contributed by atoms with Crippen LogP contribution in [-0.4, -0.2) is 58.4 Å². The van der Waals surface area contributed by atoms with Gasteiger partial charge in [-0.1, -0.05) is 12.1 Å². The van der Waals surface area contributed by atoms with Crippen LogP contribution in [0.4, 0.5) is 4.39 Å². The largest absolute Gasteiger partial charge is 0.342 e. The van der Waals surface area contributed by atoms with Gasteiger partial charge in [0.25, 0.3) is 17.7 Å². The average molecular weight is 420 g/mol. The van der Waals surface area contributed by atoms with Crippen LogP contribution >= 0.6 is 0 Å². The zero-order valence-electron chi connectivity index (χ0n) is 17.2. The number of carbonyl (C=O) groups is 3. The molecule has 2 heterocycles. The molecule has 0 aliphatic carbocycles. The number of carbonyl (C=O) groups excluding carboxylic acids is 3. The lowest BCUT2D eigenvalue weighted by atomic mass is 10.0. The summed E-state index contributed by atoms with van der Waals surface area (Å²) in [5.74, 6) is -1.29. The van der Waals surface area contributed by atoms with E-state index in [-0.39, 0.29) is 23.2 Å². The molecule has 1 aliphatic rings. The van der Waals surface area contributed by atoms with Gasteiger partial charge in [-0.2, -0.15) is 5.10 Å². The first-order valence-corrected chi connectivity index (χ1v) is 9.87. The number of rotatable bonds is 6. The van der Waals surface area contributed by atoms with Crippen molar-refractivity contribution in [3.8, 4) is 11.3 Å². The third-order valence-electron chi connectivity index (χ3n) is 5.37. The van der Waals surface area contributed by atoms with E-state index in [2.05, 4.69) is 10.2 Å². The van der Waals surface area contributed by atoms with E-state index in [1.54, 1.807) is 30.1 Å². The Morgan fingerprint density at radius 3 is 2.65 bits per heavy atom. The van der Waals surface area contributed by atoms with Gasteiger partial charge in [0.05, 0.1) is 16.8 Å². The first kappa shape index (κ1) is 20.5. The summed E-state index contributed by atoms with van der Waals surface area (Å²) in [5, 5.41) is 7.17. The third kappa shape index (κ3) is 3.96. The molecule has 3 aromatic rings. The van der Waals surface area contributed by atoms with Crippen molar-refractivity contribution in [2.45, 2.75) is 12.8 Å². The van der Waals surface area contributed by atoms with Gasteiger partial charge in [0.1, 0.15) is 5.82 Å². The van der Waals surface area contributed by atoms with Crippen molar-refractivity contribution in [3.63, 3.8) is 0 Å². The molecule has 0 saturated carbocycles. The predicted molar refractivity (Wildman–Crippen MR) is 112 cm³/mol. The zero-order chi connectivity index (χ0) is 22.1. The van der Waals surface area contributed by atoms with Crippen LogP contribution in [0.3, 0.4) is 0 Å². The fraction of sp³-hybridized carbons (Fsp3) is 0.217. The second kappa shape index (κ2) is 8.14. The number of H-pyrrole nitrogens is 1. The third-order valence-corrected chi connectivity index (χ3v) is 5.37. The Morgan fingerprint density at radius 1 is 1.10 bits per heavy atom. The second-order valence-electron chi connectivity index (χ2n) is 7.55. The molecule has 2 aromatic carbocycles. The number of halogens is 1. The highest BCUT2D eigenvalue weighted by molar-refractivity contribution is 6.21. The normalized spacial score (nSPS) is 12.9. The Bertz CT molecular complexity index is 1190. The number of nitrogens with zero attached hydrogens (tertiary/aromatic N) is 3. The first-order chi connectivity index (χ1) is 14.8. The van der Waals surface area contributed by atoms with Crippen LogP contribution in [0.1, 0.15) is 43.2 Å². The van der Waals surface area contributed by atoms with Gasteiger partial charge in [0, 0.05) is 37.5 Å². The smallest absolute Gasteiger partial charge is 0.261 e. The Balaban J connectivity index is 1.36. The van der Waals surface area contributed by atoms with E-state index in [1.165, 1.54) is 31.3 Å². The molecule has 7 nitrogen and oxygen atoms in total. The number of aromatic amines is 1. The number of nitrogens with one attached hydrogen (secondary N) is 1. The summed E-state index contributed by atoms with van der Waals surface area (Å²) < 4.78 is 13.4. The Hall–Kier alpha value is -3.81. The highest BCUT2D eigenvalue weighted by atomic mass is 19.1. The molecule has 0 unspecified atom stereocenters. The Kier molecular flexibility index (Phi) is 5.37. The molecule has 0 radical (unpaired) electrons. The van der Waals surface area contributed by atoms with Gasteiger partial charge < -0.3 is 4.90 Å². The molecule has 0 bridgehead atoms. The number of aromatic nitrogens is 2. The maximum absolute atomic E-state index is 13.4. The summed E-state index contributed by atoms with van der Waals surface area (Å²) in [6, 6.07) is 12.7. The van der Waals surface area contributed by atoms with Gasteiger partial charge in [-0.3, -0.25) is 24.4 Å². The number of hydrogen-bond donors (Lipinski definition) is 1. The first-order valence-electron chi connectivity index (χ1n) is 9.87. The standard InChI is InChI=1S/C23H21FN4O3/c1-27(21(29)15-8-9-18-19(12-15)23(31)28(2)22(18)30)10-4-7-17-13-20(26-25-17)14-5-3-6-16(24)11-14/h3,5-6,8-9,11-13H,4,7,10H2,1-2H3,(H,25,26). The highest BCUT2D eigenvalue weighted by Gasteiger charge is 2.33. The van der Waals surface area contributed by atoms with Gasteiger partial charge >= 0.3 is 0 Å². The van der Waals surface area contributed by atoms with Crippen molar-refractivity contribution in [2.24, 2.45) is 0 Å². The topological polar surface area (TPSA) is 86.4 Å². The van der Waals surface area contributed by atoms with Crippen LogP contribution in [0.25, 0.3) is 11.3 Å². The van der Waals surface area contributed by atoms with E-state index in [1.807, 2.05) is 6.07 Å². The second-order valence-corrected chi connectivity index (χ2v) is 7.55. The van der Waals surface area contributed by atoms with Crippen molar-refractivity contribution in [1.82, 2.24) is 20.0 Å². The number of imide groups is 1. The Morgan fingerprint density at radius 2 is 1.87 bits per heavy atom. The molecule has 4 rings (SSSR count). The highest BCUT2D eigenvalue weighted by Crippen LogP contribution is 2.23. The zero-order valence-corrected chi connectivity index (χ0v) is 17.2. The molecule has 0 fully saturated rings. The lowest BCUT2D eigenvalue weighted by Crippen LogP contribution is -2.28. The summed E-state index contributed by atoms with van der Waals surface area (Å²) in [6.45, 7) is 0.497. The van der Waals surface area contributed by atoms with Gasteiger partial charge in [-0.25, -0.2) is 4.39 Å². The molecule has 1 N–H and O–H groups in total. The van der Waals surface area contributed by atoms with Gasteiger partial charge in [-0.15, -0.1) is 0 Å². The number of benzene rings is 2. The quantitative estimate of drug-likeness (QED) is 0.621. The van der Waals surface area contributed by atoms with Gasteiger partial charge in [-0.05, 0) is 49.2 Å². The van der Waals surface area contributed by atoms with E-state index in [9.17, 15) is 18.8 Å². The van der Waals surface area contributed by atoms with E-state index in [0.29, 0.717) is 41.8 Å². The monoisotopic (exact) mass is 420 g/mol. The van der Waals surface area contributed by atoms with Crippen molar-refractivity contribution in [1.29, 1.82) is 0 Å². The molecule has 1 aliphatic heterocycles. The van der Waals surface area contributed by atoms with E-state index >= 15 is 0 Å². The van der Waals surface area contributed by atoms with E-state index in [0.717, 1.165) is 10.6 Å². The summed E-state index contributed by atoms with van der Waals surface area (Å²) in [5.41, 5.74) is 3.21. The van der Waals surface area contributed by atoms with Crippen molar-refractivity contribution in [2.75, 3.05) is 20.6 Å². The van der Waals surface area contributed by atoms with Crippen LogP contribution < -0.4 is 0 Å². The summed E-state index contributed by atoms with van der Waals surface area (Å²) >= 11 is 0. The van der Waals surface area contributed by atoms with Gasteiger partial charge in [0.2, 0.25) is 0 Å². The lowest BCUT2D eigenvalue weighted by Gasteiger charge is -2.17. The fourth-order valence-corrected chi connectivity index (χ4v) is 3.61. The van der Waals surface area contributed by atoms with E-state index in [4.69, 9.17) is 0 Å². The average Bonchev–Trinajstić information content (AvgIpc) is 3.32. The number of aryl methyl sites for hydroxylation is 1. The fourth-order valence-electron chi connectivity index (χ4n) is 3.61. The minimum atomic E-state index is -0.398. The molecular weight excluding hydrogens is 399 g/mol. The van der Waals surface area contributed by atoms with Gasteiger partial charge in [0.15, 0.2) is 0 Å². The van der Waals surface area contributed by atoms with Crippen LogP contribution in [-0.2, 0) is 6.42 Å². The van der Waals surface area contributed by atoms with Crippen molar-refractivity contribution < 1.29 is 18.8 Å². The number of fused-ring (bicyclic) bond motifs is 1. The molecule has 0 atom stereocenters. The molecule has 3 amide bonds. The summed E-state index contributed by atoms with van der Waals surface area (Å²) in [7, 11) is 3.12. The van der Waals surface area contributed by atoms with Crippen molar-refractivity contribution >= 4 is 17.7 Å². The summed E-state index contributed by atoms with van der Waals surface area (Å²) in [4.78, 5) is 39.5. The maximum atomic E-state index is 13.4. The van der Waals surface area contributed by atoms with E-state index < -0.39 is 5.91 Å². The molecule has 8 heteroatoms. The maximum Gasteiger partial charge on any atom is 0.261 e. The number of amides is 3. The minimum Gasteiger partial charge on any atom is -0.342 e. The molecule has 158 valence electrons. The van der Waals surface area contributed by atoms with Crippen LogP contribution in [0.15, 0.2) is 48.5 Å². The molecule has 0 saturated heterocycles. The lowest BCUT2D eigenvalue weighted by molar-refractivity contribution is 0.0692. The predicted octanol–water partition coefficient (Wildman–Crippen LogP) is 3.15.